The minimum atomic E-state index is -0.970. The summed E-state index contributed by atoms with van der Waals surface area (Å²) in [6.07, 6.45) is -0.970. The number of nitrogens with zero attached hydrogens (tertiary/aromatic N) is 2. The van der Waals surface area contributed by atoms with Crippen LogP contribution in [0.5, 0.6) is 11.5 Å². The summed E-state index contributed by atoms with van der Waals surface area (Å²) >= 11 is 3.39. The number of hydroxylamine groups is 1. The maximum absolute atomic E-state index is 13.7. The highest BCUT2D eigenvalue weighted by Gasteiger charge is 2.60. The van der Waals surface area contributed by atoms with Crippen LogP contribution in [0.4, 0.5) is 11.4 Å². The number of para-hydroxylation sites is 1. The summed E-state index contributed by atoms with van der Waals surface area (Å²) in [5.41, 5.74) is 2.94. The molecule has 3 aromatic carbocycles. The average molecular weight is 523 g/mol. The molecule has 2 aliphatic rings. The Morgan fingerprint density at radius 2 is 1.71 bits per heavy atom. The first-order valence-electron chi connectivity index (χ1n) is 11.0. The third-order valence-electron chi connectivity index (χ3n) is 6.11. The predicted molar refractivity (Wildman–Crippen MR) is 131 cm³/mol. The molecule has 2 saturated heterocycles. The van der Waals surface area contributed by atoms with Crippen LogP contribution in [0.2, 0.25) is 0 Å². The van der Waals surface area contributed by atoms with Crippen molar-refractivity contribution >= 4 is 39.1 Å². The number of phenols is 1. The molecule has 7 nitrogen and oxygen atoms in total. The van der Waals surface area contributed by atoms with Crippen LogP contribution in [0.25, 0.3) is 0 Å². The number of halogens is 1. The topological polar surface area (TPSA) is 79.3 Å². The summed E-state index contributed by atoms with van der Waals surface area (Å²) in [5, 5.41) is 12.0. The zero-order chi connectivity index (χ0) is 24.0. The van der Waals surface area contributed by atoms with Crippen LogP contribution in [0, 0.1) is 12.8 Å². The largest absolute Gasteiger partial charge is 0.503 e. The van der Waals surface area contributed by atoms with Crippen LogP contribution in [0.1, 0.15) is 24.1 Å². The van der Waals surface area contributed by atoms with Gasteiger partial charge in [-0.1, -0.05) is 35.9 Å². The lowest BCUT2D eigenvalue weighted by molar-refractivity contribution is -0.126. The van der Waals surface area contributed by atoms with Crippen molar-refractivity contribution < 1.29 is 24.3 Å². The van der Waals surface area contributed by atoms with Crippen LogP contribution in [0.15, 0.2) is 71.2 Å². The van der Waals surface area contributed by atoms with Crippen LogP contribution >= 0.6 is 15.9 Å². The normalized spacial score (nSPS) is 21.8. The van der Waals surface area contributed by atoms with E-state index in [-0.39, 0.29) is 17.4 Å². The Balaban J connectivity index is 1.62. The number of amides is 2. The Labute approximate surface area is 205 Å². The van der Waals surface area contributed by atoms with E-state index in [0.29, 0.717) is 28.0 Å². The SMILES string of the molecule is CCOc1cc([C@@H]2[C@@H]3C(=O)N(c4ccc(C)cc4)C(=O)[C@@H]3ON2c2ccccc2)cc(Br)c1O. The number of anilines is 2. The molecule has 0 aliphatic carbocycles. The fourth-order valence-electron chi connectivity index (χ4n) is 4.53. The highest BCUT2D eigenvalue weighted by Crippen LogP contribution is 2.49. The Bertz CT molecular complexity index is 1250. The number of aromatic hydroxyl groups is 1. The van der Waals surface area contributed by atoms with Gasteiger partial charge in [0.25, 0.3) is 5.91 Å². The zero-order valence-corrected chi connectivity index (χ0v) is 20.2. The molecule has 3 aromatic rings. The van der Waals surface area contributed by atoms with Gasteiger partial charge in [-0.15, -0.1) is 0 Å². The molecule has 2 aliphatic heterocycles. The number of hydrogen-bond donors (Lipinski definition) is 1. The molecule has 5 rings (SSSR count). The molecule has 34 heavy (non-hydrogen) atoms. The van der Waals surface area contributed by atoms with Gasteiger partial charge in [0.2, 0.25) is 5.91 Å². The van der Waals surface area contributed by atoms with E-state index in [1.54, 1.807) is 29.3 Å². The summed E-state index contributed by atoms with van der Waals surface area (Å²) in [7, 11) is 0. The van der Waals surface area contributed by atoms with Gasteiger partial charge in [0.1, 0.15) is 5.92 Å². The fraction of sp³-hybridized carbons (Fsp3) is 0.231. The maximum Gasteiger partial charge on any atom is 0.266 e. The number of carbonyl (C=O) groups is 2. The van der Waals surface area contributed by atoms with Gasteiger partial charge >= 0.3 is 0 Å². The van der Waals surface area contributed by atoms with Crippen molar-refractivity contribution in [2.45, 2.75) is 26.0 Å². The number of benzene rings is 3. The van der Waals surface area contributed by atoms with Crippen molar-refractivity contribution in [3.05, 3.63) is 82.3 Å². The Morgan fingerprint density at radius 1 is 1.00 bits per heavy atom. The molecule has 0 bridgehead atoms. The lowest BCUT2D eigenvalue weighted by Crippen LogP contribution is -2.37. The van der Waals surface area contributed by atoms with Gasteiger partial charge in [0, 0.05) is 0 Å². The average Bonchev–Trinajstić information content (AvgIpc) is 3.34. The van der Waals surface area contributed by atoms with Crippen molar-refractivity contribution in [1.82, 2.24) is 0 Å². The molecule has 174 valence electrons. The second kappa shape index (κ2) is 8.77. The smallest absolute Gasteiger partial charge is 0.266 e. The van der Waals surface area contributed by atoms with Crippen molar-refractivity contribution in [3.63, 3.8) is 0 Å². The van der Waals surface area contributed by atoms with Crippen molar-refractivity contribution in [2.75, 3.05) is 16.6 Å². The van der Waals surface area contributed by atoms with Crippen LogP contribution in [0.3, 0.4) is 0 Å². The Morgan fingerprint density at radius 3 is 2.38 bits per heavy atom. The maximum atomic E-state index is 13.7. The molecule has 2 fully saturated rings. The number of ether oxygens (including phenoxy) is 1. The highest BCUT2D eigenvalue weighted by atomic mass is 79.9. The van der Waals surface area contributed by atoms with E-state index >= 15 is 0 Å². The quantitative estimate of drug-likeness (QED) is 0.479. The lowest BCUT2D eigenvalue weighted by atomic mass is 9.90. The number of aryl methyl sites for hydroxylation is 1. The van der Waals surface area contributed by atoms with Crippen molar-refractivity contribution in [1.29, 1.82) is 0 Å². The summed E-state index contributed by atoms with van der Waals surface area (Å²) in [5.74, 6) is -1.24. The van der Waals surface area contributed by atoms with Gasteiger partial charge < -0.3 is 9.84 Å². The second-order valence-corrected chi connectivity index (χ2v) is 9.14. The Kier molecular flexibility index (Phi) is 5.79. The molecule has 0 radical (unpaired) electrons. The van der Waals surface area contributed by atoms with E-state index in [9.17, 15) is 14.7 Å². The fourth-order valence-corrected chi connectivity index (χ4v) is 4.99. The predicted octanol–water partition coefficient (Wildman–Crippen LogP) is 4.91. The highest BCUT2D eigenvalue weighted by molar-refractivity contribution is 9.10. The van der Waals surface area contributed by atoms with E-state index in [1.165, 1.54) is 4.90 Å². The monoisotopic (exact) mass is 522 g/mol. The van der Waals surface area contributed by atoms with Crippen LogP contribution in [-0.4, -0.2) is 29.6 Å². The molecule has 0 spiro atoms. The van der Waals surface area contributed by atoms with Crippen LogP contribution < -0.4 is 14.7 Å². The van der Waals surface area contributed by atoms with Gasteiger partial charge in [-0.3, -0.25) is 14.4 Å². The summed E-state index contributed by atoms with van der Waals surface area (Å²) in [6.45, 7) is 4.13. The summed E-state index contributed by atoms with van der Waals surface area (Å²) in [6, 6.07) is 19.4. The molecule has 0 aromatic heterocycles. The molecule has 0 saturated carbocycles. The van der Waals surface area contributed by atoms with Crippen molar-refractivity contribution in [2.24, 2.45) is 5.92 Å². The number of rotatable bonds is 5. The molecular weight excluding hydrogens is 500 g/mol. The molecule has 8 heteroatoms. The number of carbonyl (C=O) groups excluding carboxylic acids is 2. The molecule has 0 unspecified atom stereocenters. The minimum absolute atomic E-state index is 0.0255. The molecule has 2 heterocycles. The molecule has 2 amide bonds. The van der Waals surface area contributed by atoms with E-state index in [4.69, 9.17) is 9.57 Å². The van der Waals surface area contributed by atoms with E-state index in [0.717, 1.165) is 5.56 Å². The molecule has 3 atom stereocenters. The number of imide groups is 1. The Hall–Kier alpha value is -3.36. The van der Waals surface area contributed by atoms with Crippen LogP contribution in [-0.2, 0) is 14.4 Å². The van der Waals surface area contributed by atoms with Gasteiger partial charge in [0.05, 0.1) is 28.5 Å². The van der Waals surface area contributed by atoms with E-state index < -0.39 is 24.0 Å². The van der Waals surface area contributed by atoms with Crippen molar-refractivity contribution in [3.8, 4) is 11.5 Å². The van der Waals surface area contributed by atoms with Gasteiger partial charge in [-0.2, -0.15) is 0 Å². The number of fused-ring (bicyclic) bond motifs is 1. The van der Waals surface area contributed by atoms with Gasteiger partial charge in [0.15, 0.2) is 17.6 Å². The van der Waals surface area contributed by atoms with E-state index in [1.807, 2.05) is 56.3 Å². The third-order valence-corrected chi connectivity index (χ3v) is 6.71. The zero-order valence-electron chi connectivity index (χ0n) is 18.6. The first-order valence-corrected chi connectivity index (χ1v) is 11.8. The molecule has 1 N–H and O–H groups in total. The second-order valence-electron chi connectivity index (χ2n) is 8.29. The third kappa shape index (κ3) is 3.63. The summed E-state index contributed by atoms with van der Waals surface area (Å²) < 4.78 is 6.05. The lowest BCUT2D eigenvalue weighted by Gasteiger charge is -2.29. The number of phenolic OH excluding ortho intramolecular Hbond substituents is 1. The number of hydrogen-bond acceptors (Lipinski definition) is 6. The standard InChI is InChI=1S/C26H23BrN2O5/c1-3-33-20-14-16(13-19(27)23(20)30)22-21-24(34-29(22)18-7-5-4-6-8-18)26(32)28(25(21)31)17-11-9-15(2)10-12-17/h4-14,21-22,24,30H,3H2,1-2H3/t21-,22+,24+/m0/s1. The van der Waals surface area contributed by atoms with E-state index in [2.05, 4.69) is 15.9 Å². The first-order chi connectivity index (χ1) is 16.4. The minimum Gasteiger partial charge on any atom is -0.503 e. The van der Waals surface area contributed by atoms with Gasteiger partial charge in [-0.05, 0) is 71.7 Å². The summed E-state index contributed by atoms with van der Waals surface area (Å²) in [4.78, 5) is 34.5. The van der Waals surface area contributed by atoms with Gasteiger partial charge in [-0.25, -0.2) is 9.96 Å². The molecular formula is C26H23BrN2O5. The first kappa shape index (κ1) is 22.4.